The minimum atomic E-state index is 0.472. The number of nitrogens with zero attached hydrogens (tertiary/aromatic N) is 3. The summed E-state index contributed by atoms with van der Waals surface area (Å²) in [5.41, 5.74) is 0. The van der Waals surface area contributed by atoms with E-state index in [9.17, 15) is 0 Å². The fourth-order valence-electron chi connectivity index (χ4n) is 2.49. The lowest BCUT2D eigenvalue weighted by Crippen LogP contribution is -2.40. The average molecular weight is 222 g/mol. The summed E-state index contributed by atoms with van der Waals surface area (Å²) in [4.78, 5) is 3.96. The molecule has 1 aromatic rings. The molecule has 16 heavy (non-hydrogen) atoms. The fourth-order valence-corrected chi connectivity index (χ4v) is 2.49. The molecule has 1 fully saturated rings. The zero-order valence-corrected chi connectivity index (χ0v) is 10.3. The molecule has 4 heteroatoms. The van der Waals surface area contributed by atoms with E-state index in [1.54, 1.807) is 12.7 Å². The molecule has 2 rings (SSSR count). The van der Waals surface area contributed by atoms with Gasteiger partial charge in [0.05, 0.1) is 6.54 Å². The van der Waals surface area contributed by atoms with E-state index in [1.165, 1.54) is 25.7 Å². The van der Waals surface area contributed by atoms with E-state index < -0.39 is 0 Å². The van der Waals surface area contributed by atoms with Crippen LogP contribution in [0.15, 0.2) is 12.7 Å². The highest BCUT2D eigenvalue weighted by Gasteiger charge is 2.19. The summed E-state index contributed by atoms with van der Waals surface area (Å²) >= 11 is 0. The van der Waals surface area contributed by atoms with Crippen molar-refractivity contribution in [2.24, 2.45) is 5.92 Å². The molecule has 0 aromatic carbocycles. The molecule has 0 radical (unpaired) electrons. The zero-order valence-electron chi connectivity index (χ0n) is 10.3. The highest BCUT2D eigenvalue weighted by Crippen LogP contribution is 2.23. The van der Waals surface area contributed by atoms with E-state index in [0.717, 1.165) is 12.5 Å². The maximum atomic E-state index is 4.13. The summed E-state index contributed by atoms with van der Waals surface area (Å²) in [6.45, 7) is 5.49. The van der Waals surface area contributed by atoms with Crippen LogP contribution in [0.4, 0.5) is 0 Å². The van der Waals surface area contributed by atoms with Crippen LogP contribution in [0.2, 0.25) is 0 Å². The Balaban J connectivity index is 1.72. The van der Waals surface area contributed by atoms with Crippen molar-refractivity contribution in [3.05, 3.63) is 12.7 Å². The Morgan fingerprint density at radius 3 is 2.75 bits per heavy atom. The van der Waals surface area contributed by atoms with Gasteiger partial charge in [-0.1, -0.05) is 6.92 Å². The number of nitrogens with one attached hydrogen (secondary N) is 1. The number of rotatable bonds is 4. The average Bonchev–Trinajstić information content (AvgIpc) is 2.74. The molecule has 0 saturated heterocycles. The second-order valence-corrected chi connectivity index (χ2v) is 5.14. The maximum Gasteiger partial charge on any atom is 0.137 e. The van der Waals surface area contributed by atoms with Gasteiger partial charge in [-0.2, -0.15) is 5.10 Å². The Morgan fingerprint density at radius 1 is 1.38 bits per heavy atom. The van der Waals surface area contributed by atoms with Crippen LogP contribution in [0.5, 0.6) is 0 Å². The smallest absolute Gasteiger partial charge is 0.137 e. The highest BCUT2D eigenvalue weighted by atomic mass is 15.3. The van der Waals surface area contributed by atoms with Crippen molar-refractivity contribution in [2.75, 3.05) is 0 Å². The summed E-state index contributed by atoms with van der Waals surface area (Å²) in [7, 11) is 0. The van der Waals surface area contributed by atoms with Crippen molar-refractivity contribution in [3.8, 4) is 0 Å². The summed E-state index contributed by atoms with van der Waals surface area (Å²) in [6.07, 6.45) is 8.75. The minimum Gasteiger partial charge on any atom is -0.310 e. The normalized spacial score (nSPS) is 27.9. The molecule has 1 N–H and O–H groups in total. The number of aromatic nitrogens is 3. The first-order valence-electron chi connectivity index (χ1n) is 6.32. The largest absolute Gasteiger partial charge is 0.310 e. The third kappa shape index (κ3) is 3.30. The van der Waals surface area contributed by atoms with Crippen molar-refractivity contribution < 1.29 is 0 Å². The topological polar surface area (TPSA) is 42.7 Å². The number of hydrogen-bond acceptors (Lipinski definition) is 3. The van der Waals surface area contributed by atoms with Gasteiger partial charge in [0.1, 0.15) is 12.7 Å². The molecular weight excluding hydrogens is 200 g/mol. The van der Waals surface area contributed by atoms with Crippen LogP contribution < -0.4 is 5.32 Å². The molecule has 1 aromatic heterocycles. The summed E-state index contributed by atoms with van der Waals surface area (Å²) in [5, 5.41) is 7.82. The van der Waals surface area contributed by atoms with Gasteiger partial charge in [0.2, 0.25) is 0 Å². The monoisotopic (exact) mass is 222 g/mol. The molecule has 1 saturated carbocycles. The Kier molecular flexibility index (Phi) is 3.93. The third-order valence-electron chi connectivity index (χ3n) is 3.46. The quantitative estimate of drug-likeness (QED) is 0.845. The van der Waals surface area contributed by atoms with Crippen LogP contribution in [-0.2, 0) is 6.54 Å². The molecule has 0 spiro atoms. The number of hydrogen-bond donors (Lipinski definition) is 1. The van der Waals surface area contributed by atoms with Gasteiger partial charge in [0.25, 0.3) is 0 Å². The lowest BCUT2D eigenvalue weighted by molar-refractivity contribution is 0.279. The van der Waals surface area contributed by atoms with Crippen molar-refractivity contribution >= 4 is 0 Å². The molecule has 90 valence electrons. The van der Waals surface area contributed by atoms with E-state index in [0.29, 0.717) is 12.1 Å². The molecule has 1 heterocycles. The van der Waals surface area contributed by atoms with Crippen LogP contribution in [0.25, 0.3) is 0 Å². The van der Waals surface area contributed by atoms with Gasteiger partial charge < -0.3 is 5.32 Å². The Hall–Kier alpha value is -0.900. The summed E-state index contributed by atoms with van der Waals surface area (Å²) < 4.78 is 1.89. The lowest BCUT2D eigenvalue weighted by Gasteiger charge is -2.29. The van der Waals surface area contributed by atoms with Crippen molar-refractivity contribution in [1.29, 1.82) is 0 Å². The van der Waals surface area contributed by atoms with Gasteiger partial charge in [0, 0.05) is 12.1 Å². The molecule has 1 aliphatic rings. The van der Waals surface area contributed by atoms with E-state index in [1.807, 2.05) is 4.68 Å². The highest BCUT2D eigenvalue weighted by molar-refractivity contribution is 4.78. The maximum absolute atomic E-state index is 4.13. The zero-order chi connectivity index (χ0) is 11.4. The lowest BCUT2D eigenvalue weighted by atomic mass is 9.87. The second kappa shape index (κ2) is 5.43. The van der Waals surface area contributed by atoms with Crippen molar-refractivity contribution in [3.63, 3.8) is 0 Å². The van der Waals surface area contributed by atoms with Gasteiger partial charge in [0.15, 0.2) is 0 Å². The first kappa shape index (κ1) is 11.6. The molecular formula is C12H22N4. The van der Waals surface area contributed by atoms with Crippen LogP contribution in [0, 0.1) is 5.92 Å². The summed E-state index contributed by atoms with van der Waals surface area (Å²) in [6, 6.07) is 1.18. The molecule has 4 nitrogen and oxygen atoms in total. The molecule has 1 atom stereocenters. The van der Waals surface area contributed by atoms with Crippen LogP contribution in [0.1, 0.15) is 39.5 Å². The predicted octanol–water partition coefficient (Wildman–Crippen LogP) is 1.83. The van der Waals surface area contributed by atoms with E-state index >= 15 is 0 Å². The summed E-state index contributed by atoms with van der Waals surface area (Å²) in [5.74, 6) is 0.920. The standard InChI is InChI=1S/C12H22N4/c1-10-3-5-12(6-4-10)15-11(2)7-16-9-13-8-14-16/h8-12,15H,3-7H2,1-2H3. The minimum absolute atomic E-state index is 0.472. The van der Waals surface area contributed by atoms with Crippen molar-refractivity contribution in [1.82, 2.24) is 20.1 Å². The first-order chi connectivity index (χ1) is 7.74. The van der Waals surface area contributed by atoms with Gasteiger partial charge in [-0.3, -0.25) is 4.68 Å². The SMILES string of the molecule is CC1CCC(NC(C)Cn2cncn2)CC1. The van der Waals surface area contributed by atoms with E-state index in [-0.39, 0.29) is 0 Å². The van der Waals surface area contributed by atoms with Crippen molar-refractivity contribution in [2.45, 2.75) is 58.2 Å². The molecule has 0 aliphatic heterocycles. The van der Waals surface area contributed by atoms with Gasteiger partial charge in [-0.05, 0) is 38.5 Å². The molecule has 1 unspecified atom stereocenters. The second-order valence-electron chi connectivity index (χ2n) is 5.14. The van der Waals surface area contributed by atoms with E-state index in [2.05, 4.69) is 29.2 Å². The third-order valence-corrected chi connectivity index (χ3v) is 3.46. The van der Waals surface area contributed by atoms with Gasteiger partial charge >= 0.3 is 0 Å². The Bertz CT molecular complexity index is 288. The Labute approximate surface area is 97.5 Å². The molecule has 0 bridgehead atoms. The van der Waals surface area contributed by atoms with E-state index in [4.69, 9.17) is 0 Å². The molecule has 1 aliphatic carbocycles. The van der Waals surface area contributed by atoms with Crippen LogP contribution in [0.3, 0.4) is 0 Å². The fraction of sp³-hybridized carbons (Fsp3) is 0.833. The first-order valence-corrected chi connectivity index (χ1v) is 6.32. The molecule has 0 amide bonds. The predicted molar refractivity (Wildman–Crippen MR) is 64.0 cm³/mol. The van der Waals surface area contributed by atoms with Gasteiger partial charge in [-0.15, -0.1) is 0 Å². The van der Waals surface area contributed by atoms with Gasteiger partial charge in [-0.25, -0.2) is 4.98 Å². The van der Waals surface area contributed by atoms with Crippen LogP contribution >= 0.6 is 0 Å². The Morgan fingerprint density at radius 2 is 2.12 bits per heavy atom. The van der Waals surface area contributed by atoms with Crippen LogP contribution in [-0.4, -0.2) is 26.8 Å².